The summed E-state index contributed by atoms with van der Waals surface area (Å²) in [5, 5.41) is 0. The Morgan fingerprint density at radius 2 is 1.82 bits per heavy atom. The van der Waals surface area contributed by atoms with E-state index in [1.807, 2.05) is 39.8 Å². The number of unbranched alkanes of at least 4 members (excludes halogenated alkanes) is 1. The Kier molecular flexibility index (Phi) is 10.5. The Morgan fingerprint density at radius 1 is 1.14 bits per heavy atom. The van der Waals surface area contributed by atoms with Crippen molar-refractivity contribution >= 4 is 11.9 Å². The van der Waals surface area contributed by atoms with Crippen molar-refractivity contribution in [2.24, 2.45) is 5.92 Å². The van der Waals surface area contributed by atoms with E-state index in [1.165, 1.54) is 7.11 Å². The van der Waals surface area contributed by atoms with Gasteiger partial charge in [0.1, 0.15) is 5.60 Å². The lowest BCUT2D eigenvalue weighted by atomic mass is 10.1. The lowest BCUT2D eigenvalue weighted by molar-refractivity contribution is -0.155. The second-order valence-electron chi connectivity index (χ2n) is 6.25. The van der Waals surface area contributed by atoms with Crippen LogP contribution in [0.3, 0.4) is 0 Å². The van der Waals surface area contributed by atoms with Crippen LogP contribution >= 0.6 is 0 Å². The highest BCUT2D eigenvalue weighted by atomic mass is 16.6. The van der Waals surface area contributed by atoms with Crippen LogP contribution in [0, 0.1) is 5.92 Å². The molecule has 0 saturated heterocycles. The molecule has 0 saturated carbocycles. The van der Waals surface area contributed by atoms with Crippen molar-refractivity contribution in [2.75, 3.05) is 20.3 Å². The first-order chi connectivity index (χ1) is 10.3. The van der Waals surface area contributed by atoms with Crippen LogP contribution in [0.5, 0.6) is 0 Å². The number of carbonyl (C=O) groups is 2. The van der Waals surface area contributed by atoms with Crippen LogP contribution < -0.4 is 0 Å². The Hall–Kier alpha value is -1.36. The summed E-state index contributed by atoms with van der Waals surface area (Å²) in [7, 11) is 1.39. The summed E-state index contributed by atoms with van der Waals surface area (Å²) >= 11 is 0. The Labute approximate surface area is 134 Å². The van der Waals surface area contributed by atoms with Crippen molar-refractivity contribution in [3.05, 3.63) is 12.2 Å². The molecule has 1 atom stereocenters. The number of hydrogen-bond donors (Lipinski definition) is 0. The SMILES string of the molecule is COC(=O)[C@@H](C)C/C=C/COCCCCC(=O)OC(C)(C)C. The minimum absolute atomic E-state index is 0.130. The molecule has 5 heteroatoms. The topological polar surface area (TPSA) is 61.8 Å². The van der Waals surface area contributed by atoms with Crippen molar-refractivity contribution in [1.29, 1.82) is 0 Å². The van der Waals surface area contributed by atoms with E-state index in [2.05, 4.69) is 4.74 Å². The summed E-state index contributed by atoms with van der Waals surface area (Å²) in [4.78, 5) is 22.6. The van der Waals surface area contributed by atoms with Gasteiger partial charge in [-0.2, -0.15) is 0 Å². The molecule has 0 aliphatic heterocycles. The molecule has 0 heterocycles. The molecule has 0 fully saturated rings. The summed E-state index contributed by atoms with van der Waals surface area (Å²) in [5.74, 6) is -0.494. The van der Waals surface area contributed by atoms with Crippen molar-refractivity contribution in [3.8, 4) is 0 Å². The number of methoxy groups -OCH3 is 1. The van der Waals surface area contributed by atoms with Crippen LogP contribution in [0.25, 0.3) is 0 Å². The van der Waals surface area contributed by atoms with Gasteiger partial charge >= 0.3 is 11.9 Å². The normalized spacial score (nSPS) is 13.1. The summed E-state index contributed by atoms with van der Waals surface area (Å²) in [6.07, 6.45) is 6.47. The Bertz CT molecular complexity index is 355. The van der Waals surface area contributed by atoms with Crippen molar-refractivity contribution in [1.82, 2.24) is 0 Å². The zero-order valence-electron chi connectivity index (χ0n) is 14.5. The van der Waals surface area contributed by atoms with Gasteiger partial charge < -0.3 is 14.2 Å². The van der Waals surface area contributed by atoms with Gasteiger partial charge in [-0.1, -0.05) is 19.1 Å². The average Bonchev–Trinajstić information content (AvgIpc) is 2.42. The molecule has 0 aromatic carbocycles. The minimum atomic E-state index is -0.417. The van der Waals surface area contributed by atoms with Crippen LogP contribution in [-0.4, -0.2) is 37.9 Å². The molecule has 5 nitrogen and oxygen atoms in total. The molecular weight excluding hydrogens is 284 g/mol. The Morgan fingerprint density at radius 3 is 2.41 bits per heavy atom. The number of allylic oxidation sites excluding steroid dienone is 1. The van der Waals surface area contributed by atoms with E-state index < -0.39 is 5.60 Å². The van der Waals surface area contributed by atoms with Crippen molar-refractivity contribution < 1.29 is 23.8 Å². The molecule has 0 amide bonds. The first-order valence-corrected chi connectivity index (χ1v) is 7.78. The predicted molar refractivity (Wildman–Crippen MR) is 85.5 cm³/mol. The number of carbonyl (C=O) groups excluding carboxylic acids is 2. The molecule has 22 heavy (non-hydrogen) atoms. The van der Waals surface area contributed by atoms with Gasteiger partial charge in [0.25, 0.3) is 0 Å². The molecule has 0 N–H and O–H groups in total. The van der Waals surface area contributed by atoms with Crippen LogP contribution in [0.1, 0.15) is 53.4 Å². The van der Waals surface area contributed by atoms with E-state index in [0.29, 0.717) is 26.1 Å². The maximum atomic E-state index is 11.5. The second kappa shape index (κ2) is 11.2. The third-order valence-electron chi connectivity index (χ3n) is 2.81. The van der Waals surface area contributed by atoms with E-state index in [1.54, 1.807) is 0 Å². The fourth-order valence-electron chi connectivity index (χ4n) is 1.68. The number of ether oxygens (including phenoxy) is 3. The number of esters is 2. The van der Waals surface area contributed by atoms with Crippen LogP contribution in [0.15, 0.2) is 12.2 Å². The van der Waals surface area contributed by atoms with E-state index in [-0.39, 0.29) is 17.9 Å². The van der Waals surface area contributed by atoms with Gasteiger partial charge in [-0.15, -0.1) is 0 Å². The van der Waals surface area contributed by atoms with Crippen LogP contribution in [0.4, 0.5) is 0 Å². The van der Waals surface area contributed by atoms with Gasteiger partial charge in [0.05, 0.1) is 19.6 Å². The number of rotatable bonds is 10. The molecule has 0 aromatic heterocycles. The lowest BCUT2D eigenvalue weighted by Crippen LogP contribution is -2.23. The third-order valence-corrected chi connectivity index (χ3v) is 2.81. The summed E-state index contributed by atoms with van der Waals surface area (Å²) in [6.45, 7) is 8.54. The van der Waals surface area contributed by atoms with E-state index in [4.69, 9.17) is 9.47 Å². The van der Waals surface area contributed by atoms with Gasteiger partial charge in [0.15, 0.2) is 0 Å². The highest BCUT2D eigenvalue weighted by Crippen LogP contribution is 2.10. The maximum absolute atomic E-state index is 11.5. The van der Waals surface area contributed by atoms with Crippen LogP contribution in [0.2, 0.25) is 0 Å². The highest BCUT2D eigenvalue weighted by Gasteiger charge is 2.15. The van der Waals surface area contributed by atoms with Gasteiger partial charge in [-0.25, -0.2) is 0 Å². The fourth-order valence-corrected chi connectivity index (χ4v) is 1.68. The molecule has 128 valence electrons. The minimum Gasteiger partial charge on any atom is -0.469 e. The standard InChI is InChI=1S/C17H30O5/c1-14(16(19)20-5)10-6-8-12-21-13-9-7-11-15(18)22-17(2,3)4/h6,8,14H,7,9-13H2,1-5H3/b8-6+/t14-/m0/s1. The monoisotopic (exact) mass is 314 g/mol. The molecule has 0 radical (unpaired) electrons. The zero-order valence-corrected chi connectivity index (χ0v) is 14.5. The summed E-state index contributed by atoms with van der Waals surface area (Å²) in [5.41, 5.74) is -0.417. The average molecular weight is 314 g/mol. The lowest BCUT2D eigenvalue weighted by Gasteiger charge is -2.19. The van der Waals surface area contributed by atoms with Crippen molar-refractivity contribution in [2.45, 2.75) is 59.0 Å². The van der Waals surface area contributed by atoms with E-state index >= 15 is 0 Å². The molecule has 0 rings (SSSR count). The second-order valence-corrected chi connectivity index (χ2v) is 6.25. The van der Waals surface area contributed by atoms with Gasteiger partial charge in [0, 0.05) is 13.0 Å². The Balaban J connectivity index is 3.51. The van der Waals surface area contributed by atoms with Gasteiger partial charge in [-0.05, 0) is 40.0 Å². The first-order valence-electron chi connectivity index (χ1n) is 7.78. The van der Waals surface area contributed by atoms with Gasteiger partial charge in [0.2, 0.25) is 0 Å². The molecule has 0 aliphatic carbocycles. The molecule has 0 unspecified atom stereocenters. The van der Waals surface area contributed by atoms with Crippen LogP contribution in [-0.2, 0) is 23.8 Å². The molecule has 0 aliphatic rings. The molecule has 0 spiro atoms. The summed E-state index contributed by atoms with van der Waals surface area (Å²) < 4.78 is 15.3. The first kappa shape index (κ1) is 20.6. The van der Waals surface area contributed by atoms with E-state index in [0.717, 1.165) is 12.8 Å². The quantitative estimate of drug-likeness (QED) is 0.352. The smallest absolute Gasteiger partial charge is 0.308 e. The number of hydrogen-bond acceptors (Lipinski definition) is 5. The highest BCUT2D eigenvalue weighted by molar-refractivity contribution is 5.71. The largest absolute Gasteiger partial charge is 0.469 e. The molecule has 0 bridgehead atoms. The molecular formula is C17H30O5. The van der Waals surface area contributed by atoms with Crippen molar-refractivity contribution in [3.63, 3.8) is 0 Å². The molecule has 0 aromatic rings. The maximum Gasteiger partial charge on any atom is 0.308 e. The summed E-state index contributed by atoms with van der Waals surface area (Å²) in [6, 6.07) is 0. The third kappa shape index (κ3) is 12.4. The van der Waals surface area contributed by atoms with Gasteiger partial charge in [-0.3, -0.25) is 9.59 Å². The van der Waals surface area contributed by atoms with E-state index in [9.17, 15) is 9.59 Å². The predicted octanol–water partition coefficient (Wildman–Crippen LogP) is 3.27. The fraction of sp³-hybridized carbons (Fsp3) is 0.765. The zero-order chi connectivity index (χ0) is 17.0.